The van der Waals surface area contributed by atoms with Crippen LogP contribution in [0.4, 0.5) is 0 Å². The van der Waals surface area contributed by atoms with E-state index in [1.807, 2.05) is 0 Å². The Hall–Kier alpha value is -0.980. The Labute approximate surface area is 99.8 Å². The molecule has 16 heavy (non-hydrogen) atoms. The van der Waals surface area contributed by atoms with Crippen molar-refractivity contribution in [2.24, 2.45) is 5.41 Å². The average molecular weight is 220 g/mol. The highest BCUT2D eigenvalue weighted by Crippen LogP contribution is 2.22. The molecule has 90 valence electrons. The van der Waals surface area contributed by atoms with E-state index in [-0.39, 0.29) is 5.41 Å². The lowest BCUT2D eigenvalue weighted by atomic mass is 9.98. The molecule has 0 amide bonds. The van der Waals surface area contributed by atoms with Gasteiger partial charge in [0.1, 0.15) is 5.75 Å². The van der Waals surface area contributed by atoms with E-state index in [0.29, 0.717) is 5.92 Å². The fourth-order valence-corrected chi connectivity index (χ4v) is 1.43. The molecule has 0 aliphatic carbocycles. The maximum absolute atomic E-state index is 5.74. The van der Waals surface area contributed by atoms with Gasteiger partial charge in [-0.1, -0.05) is 46.8 Å². The molecular formula is C15H24O. The summed E-state index contributed by atoms with van der Waals surface area (Å²) in [6.07, 6.45) is 1.18. The van der Waals surface area contributed by atoms with Crippen LogP contribution in [-0.4, -0.2) is 6.61 Å². The highest BCUT2D eigenvalue weighted by molar-refractivity contribution is 5.29. The predicted molar refractivity (Wildman–Crippen MR) is 70.1 cm³/mol. The van der Waals surface area contributed by atoms with Gasteiger partial charge >= 0.3 is 0 Å². The molecule has 0 saturated heterocycles. The summed E-state index contributed by atoms with van der Waals surface area (Å²) in [4.78, 5) is 0. The zero-order chi connectivity index (χ0) is 12.2. The van der Waals surface area contributed by atoms with Crippen LogP contribution in [0.1, 0.15) is 52.5 Å². The lowest BCUT2D eigenvalue weighted by Gasteiger charge is -2.19. The Morgan fingerprint density at radius 1 is 1.12 bits per heavy atom. The standard InChI is InChI=1S/C15H24O/c1-6-12(2)13-7-9-14(10-8-13)16-11-15(3,4)5/h7-10,12H,6,11H2,1-5H3. The van der Waals surface area contributed by atoms with Crippen LogP contribution in [0.25, 0.3) is 0 Å². The summed E-state index contributed by atoms with van der Waals surface area (Å²) in [6.45, 7) is 11.8. The first-order valence-corrected chi connectivity index (χ1v) is 6.15. The maximum atomic E-state index is 5.74. The Balaban J connectivity index is 2.58. The van der Waals surface area contributed by atoms with Crippen LogP contribution < -0.4 is 4.74 Å². The lowest BCUT2D eigenvalue weighted by Crippen LogP contribution is -2.16. The second-order valence-corrected chi connectivity index (χ2v) is 5.73. The van der Waals surface area contributed by atoms with Crippen LogP contribution in [-0.2, 0) is 0 Å². The van der Waals surface area contributed by atoms with E-state index in [4.69, 9.17) is 4.74 Å². The molecular weight excluding hydrogens is 196 g/mol. The zero-order valence-corrected chi connectivity index (χ0v) is 11.2. The lowest BCUT2D eigenvalue weighted by molar-refractivity contribution is 0.198. The molecule has 0 N–H and O–H groups in total. The SMILES string of the molecule is CCC(C)c1ccc(OCC(C)(C)C)cc1. The zero-order valence-electron chi connectivity index (χ0n) is 11.2. The molecule has 0 bridgehead atoms. The van der Waals surface area contributed by atoms with Crippen molar-refractivity contribution >= 4 is 0 Å². The highest BCUT2D eigenvalue weighted by atomic mass is 16.5. The summed E-state index contributed by atoms with van der Waals surface area (Å²) >= 11 is 0. The van der Waals surface area contributed by atoms with E-state index in [1.165, 1.54) is 12.0 Å². The van der Waals surface area contributed by atoms with Gasteiger partial charge in [-0.05, 0) is 35.4 Å². The van der Waals surface area contributed by atoms with Gasteiger partial charge < -0.3 is 4.74 Å². The van der Waals surface area contributed by atoms with Crippen molar-refractivity contribution in [3.05, 3.63) is 29.8 Å². The molecule has 1 heteroatoms. The molecule has 0 heterocycles. The second-order valence-electron chi connectivity index (χ2n) is 5.73. The van der Waals surface area contributed by atoms with E-state index in [0.717, 1.165) is 12.4 Å². The molecule has 0 aliphatic heterocycles. The van der Waals surface area contributed by atoms with Gasteiger partial charge in [0.15, 0.2) is 0 Å². The van der Waals surface area contributed by atoms with Crippen molar-refractivity contribution in [3.8, 4) is 5.75 Å². The molecule has 1 unspecified atom stereocenters. The monoisotopic (exact) mass is 220 g/mol. The summed E-state index contributed by atoms with van der Waals surface area (Å²) in [7, 11) is 0. The molecule has 1 rings (SSSR count). The molecule has 0 radical (unpaired) electrons. The van der Waals surface area contributed by atoms with Crippen LogP contribution in [0, 0.1) is 5.41 Å². The van der Waals surface area contributed by atoms with Gasteiger partial charge in [-0.3, -0.25) is 0 Å². The Kier molecular flexibility index (Phi) is 4.40. The van der Waals surface area contributed by atoms with Crippen molar-refractivity contribution in [1.82, 2.24) is 0 Å². The Morgan fingerprint density at radius 3 is 2.12 bits per heavy atom. The van der Waals surface area contributed by atoms with E-state index in [9.17, 15) is 0 Å². The van der Waals surface area contributed by atoms with Gasteiger partial charge in [-0.15, -0.1) is 0 Å². The van der Waals surface area contributed by atoms with E-state index >= 15 is 0 Å². The van der Waals surface area contributed by atoms with E-state index < -0.39 is 0 Å². The summed E-state index contributed by atoms with van der Waals surface area (Å²) in [6, 6.07) is 8.50. The third-order valence-corrected chi connectivity index (χ3v) is 2.73. The molecule has 0 fully saturated rings. The van der Waals surface area contributed by atoms with Crippen molar-refractivity contribution in [2.45, 2.75) is 47.0 Å². The first-order chi connectivity index (χ1) is 7.42. The summed E-state index contributed by atoms with van der Waals surface area (Å²) in [5.41, 5.74) is 1.61. The summed E-state index contributed by atoms with van der Waals surface area (Å²) in [5, 5.41) is 0. The fraction of sp³-hybridized carbons (Fsp3) is 0.600. The molecule has 1 aromatic carbocycles. The normalized spacial score (nSPS) is 13.6. The van der Waals surface area contributed by atoms with Gasteiger partial charge in [0.2, 0.25) is 0 Å². The first kappa shape index (κ1) is 13.1. The molecule has 1 nitrogen and oxygen atoms in total. The number of hydrogen-bond acceptors (Lipinski definition) is 1. The van der Waals surface area contributed by atoms with Gasteiger partial charge in [-0.25, -0.2) is 0 Å². The Morgan fingerprint density at radius 2 is 1.69 bits per heavy atom. The maximum Gasteiger partial charge on any atom is 0.119 e. The second kappa shape index (κ2) is 5.38. The highest BCUT2D eigenvalue weighted by Gasteiger charge is 2.11. The number of rotatable bonds is 4. The number of hydrogen-bond donors (Lipinski definition) is 0. The van der Waals surface area contributed by atoms with Gasteiger partial charge in [-0.2, -0.15) is 0 Å². The van der Waals surface area contributed by atoms with E-state index in [2.05, 4.69) is 58.9 Å². The molecule has 1 aromatic rings. The molecule has 0 spiro atoms. The third-order valence-electron chi connectivity index (χ3n) is 2.73. The van der Waals surface area contributed by atoms with Crippen LogP contribution in [0.5, 0.6) is 5.75 Å². The first-order valence-electron chi connectivity index (χ1n) is 6.15. The molecule has 0 aliphatic rings. The smallest absolute Gasteiger partial charge is 0.119 e. The van der Waals surface area contributed by atoms with Gasteiger partial charge in [0.05, 0.1) is 6.61 Å². The third kappa shape index (κ3) is 4.26. The van der Waals surface area contributed by atoms with Crippen LogP contribution >= 0.6 is 0 Å². The van der Waals surface area contributed by atoms with Crippen molar-refractivity contribution < 1.29 is 4.74 Å². The fourth-order valence-electron chi connectivity index (χ4n) is 1.43. The molecule has 0 saturated carbocycles. The molecule has 1 atom stereocenters. The van der Waals surface area contributed by atoms with Crippen molar-refractivity contribution in [1.29, 1.82) is 0 Å². The Bertz CT molecular complexity index is 305. The van der Waals surface area contributed by atoms with Crippen molar-refractivity contribution in [2.75, 3.05) is 6.61 Å². The van der Waals surface area contributed by atoms with Crippen LogP contribution in [0.2, 0.25) is 0 Å². The van der Waals surface area contributed by atoms with Gasteiger partial charge in [0.25, 0.3) is 0 Å². The minimum Gasteiger partial charge on any atom is -0.493 e. The quantitative estimate of drug-likeness (QED) is 0.719. The average Bonchev–Trinajstić information content (AvgIpc) is 2.25. The number of ether oxygens (including phenoxy) is 1. The molecule has 0 aromatic heterocycles. The van der Waals surface area contributed by atoms with Crippen LogP contribution in [0.3, 0.4) is 0 Å². The van der Waals surface area contributed by atoms with Gasteiger partial charge in [0, 0.05) is 0 Å². The van der Waals surface area contributed by atoms with Crippen molar-refractivity contribution in [3.63, 3.8) is 0 Å². The number of benzene rings is 1. The minimum atomic E-state index is 0.218. The van der Waals surface area contributed by atoms with E-state index in [1.54, 1.807) is 0 Å². The summed E-state index contributed by atoms with van der Waals surface area (Å²) < 4.78 is 5.74. The predicted octanol–water partition coefficient (Wildman–Crippen LogP) is 4.63. The summed E-state index contributed by atoms with van der Waals surface area (Å²) in [5.74, 6) is 1.61. The van der Waals surface area contributed by atoms with Crippen LogP contribution in [0.15, 0.2) is 24.3 Å². The largest absolute Gasteiger partial charge is 0.493 e. The minimum absolute atomic E-state index is 0.218. The topological polar surface area (TPSA) is 9.23 Å².